The van der Waals surface area contributed by atoms with Crippen LogP contribution < -0.4 is 5.32 Å². The number of aliphatic hydroxyl groups is 1. The minimum atomic E-state index is -0.966. The van der Waals surface area contributed by atoms with Crippen LogP contribution in [0.3, 0.4) is 0 Å². The van der Waals surface area contributed by atoms with E-state index in [1.165, 1.54) is 6.92 Å². The number of thiol groups is 1. The molecule has 0 saturated heterocycles. The molecule has 1 atom stereocenters. The average Bonchev–Trinajstić information content (AvgIpc) is 1.87. The lowest BCUT2D eigenvalue weighted by atomic mass is 10.3. The molecule has 0 aromatic heterocycles. The molecule has 1 amide bonds. The SMILES string of the molecule is CC(=O)C(S)C(=O)NCO. The summed E-state index contributed by atoms with van der Waals surface area (Å²) in [5.41, 5.74) is 0. The van der Waals surface area contributed by atoms with E-state index in [0.717, 1.165) is 0 Å². The smallest absolute Gasteiger partial charge is 0.242 e. The second-order valence-electron chi connectivity index (χ2n) is 1.71. The van der Waals surface area contributed by atoms with Gasteiger partial charge in [-0.2, -0.15) is 12.6 Å². The summed E-state index contributed by atoms with van der Waals surface area (Å²) in [5.74, 6) is -0.910. The fourth-order valence-electron chi connectivity index (χ4n) is 0.359. The van der Waals surface area contributed by atoms with E-state index in [9.17, 15) is 9.59 Å². The molecule has 4 nitrogen and oxygen atoms in total. The molecule has 2 N–H and O–H groups in total. The van der Waals surface area contributed by atoms with Gasteiger partial charge in [0.25, 0.3) is 0 Å². The molecular weight excluding hydrogens is 154 g/mol. The summed E-state index contributed by atoms with van der Waals surface area (Å²) in [5, 5.41) is 9.27. The van der Waals surface area contributed by atoms with Gasteiger partial charge in [0.1, 0.15) is 12.0 Å². The van der Waals surface area contributed by atoms with E-state index in [1.54, 1.807) is 0 Å². The molecule has 10 heavy (non-hydrogen) atoms. The zero-order valence-corrected chi connectivity index (χ0v) is 6.39. The number of rotatable bonds is 3. The summed E-state index contributed by atoms with van der Waals surface area (Å²) in [6.45, 7) is 0.789. The van der Waals surface area contributed by atoms with Crippen molar-refractivity contribution < 1.29 is 14.7 Å². The van der Waals surface area contributed by atoms with E-state index in [-0.39, 0.29) is 5.78 Å². The van der Waals surface area contributed by atoms with Crippen LogP contribution in [0.15, 0.2) is 0 Å². The third-order valence-corrected chi connectivity index (χ3v) is 1.48. The Morgan fingerprint density at radius 1 is 1.70 bits per heavy atom. The Morgan fingerprint density at radius 2 is 2.20 bits per heavy atom. The summed E-state index contributed by atoms with van der Waals surface area (Å²) in [6.07, 6.45) is 0. The first-order chi connectivity index (χ1) is 4.59. The minimum Gasteiger partial charge on any atom is -0.377 e. The van der Waals surface area contributed by atoms with E-state index in [2.05, 4.69) is 12.6 Å². The molecule has 0 aliphatic carbocycles. The first kappa shape index (κ1) is 9.45. The summed E-state index contributed by atoms with van der Waals surface area (Å²) >= 11 is 3.68. The summed E-state index contributed by atoms with van der Waals surface area (Å²) < 4.78 is 0. The molecule has 0 bridgehead atoms. The molecule has 0 spiro atoms. The highest BCUT2D eigenvalue weighted by atomic mass is 32.1. The molecule has 0 radical (unpaired) electrons. The molecule has 0 aliphatic rings. The second kappa shape index (κ2) is 4.29. The van der Waals surface area contributed by atoms with E-state index < -0.39 is 17.9 Å². The van der Waals surface area contributed by atoms with Gasteiger partial charge in [0, 0.05) is 0 Å². The number of ketones is 1. The monoisotopic (exact) mass is 163 g/mol. The number of hydrogen-bond donors (Lipinski definition) is 3. The minimum absolute atomic E-state index is 0.339. The fraction of sp³-hybridized carbons (Fsp3) is 0.600. The van der Waals surface area contributed by atoms with Gasteiger partial charge in [-0.25, -0.2) is 0 Å². The van der Waals surface area contributed by atoms with Crippen molar-refractivity contribution in [3.63, 3.8) is 0 Å². The van der Waals surface area contributed by atoms with Gasteiger partial charge in [0.15, 0.2) is 5.78 Å². The largest absolute Gasteiger partial charge is 0.377 e. The maximum absolute atomic E-state index is 10.6. The predicted molar refractivity (Wildman–Crippen MR) is 38.7 cm³/mol. The summed E-state index contributed by atoms with van der Waals surface area (Å²) in [4.78, 5) is 21.1. The summed E-state index contributed by atoms with van der Waals surface area (Å²) in [7, 11) is 0. The van der Waals surface area contributed by atoms with E-state index in [1.807, 2.05) is 5.32 Å². The maximum atomic E-state index is 10.6. The standard InChI is InChI=1S/C5H9NO3S/c1-3(8)4(10)5(9)6-2-7/h4,7,10H,2H2,1H3,(H,6,9). The van der Waals surface area contributed by atoms with Crippen molar-refractivity contribution in [1.29, 1.82) is 0 Å². The second-order valence-corrected chi connectivity index (χ2v) is 2.23. The molecule has 0 saturated carbocycles. The van der Waals surface area contributed by atoms with Gasteiger partial charge in [0.05, 0.1) is 0 Å². The number of carbonyl (C=O) groups is 2. The van der Waals surface area contributed by atoms with Gasteiger partial charge in [-0.05, 0) is 6.92 Å². The Bertz CT molecular complexity index is 148. The first-order valence-corrected chi connectivity index (χ1v) is 3.18. The van der Waals surface area contributed by atoms with Gasteiger partial charge in [-0.3, -0.25) is 9.59 Å². The molecule has 1 unspecified atom stereocenters. The highest BCUT2D eigenvalue weighted by Crippen LogP contribution is 1.94. The molecular formula is C5H9NO3S. The lowest BCUT2D eigenvalue weighted by molar-refractivity contribution is -0.127. The van der Waals surface area contributed by atoms with Crippen LogP contribution in [0.25, 0.3) is 0 Å². The van der Waals surface area contributed by atoms with E-state index in [0.29, 0.717) is 0 Å². The van der Waals surface area contributed by atoms with Crippen molar-refractivity contribution in [2.45, 2.75) is 12.2 Å². The van der Waals surface area contributed by atoms with Gasteiger partial charge in [-0.15, -0.1) is 0 Å². The molecule has 0 rings (SSSR count). The van der Waals surface area contributed by atoms with Gasteiger partial charge in [0.2, 0.25) is 5.91 Å². The highest BCUT2D eigenvalue weighted by Gasteiger charge is 2.16. The molecule has 0 aromatic rings. The molecule has 0 aliphatic heterocycles. The number of aliphatic hydroxyl groups excluding tert-OH is 1. The van der Waals surface area contributed by atoms with Crippen molar-refractivity contribution in [1.82, 2.24) is 5.32 Å². The molecule has 0 aromatic carbocycles. The lowest BCUT2D eigenvalue weighted by Gasteiger charge is -2.04. The van der Waals surface area contributed by atoms with Crippen molar-refractivity contribution in [3.8, 4) is 0 Å². The van der Waals surface area contributed by atoms with Crippen LogP contribution in [0.4, 0.5) is 0 Å². The highest BCUT2D eigenvalue weighted by molar-refractivity contribution is 7.82. The Labute approximate surface area is 64.0 Å². The van der Waals surface area contributed by atoms with Crippen LogP contribution in [-0.2, 0) is 9.59 Å². The third kappa shape index (κ3) is 2.84. The topological polar surface area (TPSA) is 66.4 Å². The maximum Gasteiger partial charge on any atom is 0.242 e. The Kier molecular flexibility index (Phi) is 4.06. The third-order valence-electron chi connectivity index (χ3n) is 0.887. The van der Waals surface area contributed by atoms with Crippen LogP contribution in [0.1, 0.15) is 6.92 Å². The molecule has 0 heterocycles. The number of nitrogens with one attached hydrogen (secondary N) is 1. The molecule has 58 valence electrons. The van der Waals surface area contributed by atoms with Crippen LogP contribution >= 0.6 is 12.6 Å². The number of hydrogen-bond acceptors (Lipinski definition) is 4. The Hall–Kier alpha value is -0.550. The van der Waals surface area contributed by atoms with Crippen LogP contribution in [0.2, 0.25) is 0 Å². The van der Waals surface area contributed by atoms with Crippen LogP contribution in [0.5, 0.6) is 0 Å². The number of carbonyl (C=O) groups excluding carboxylic acids is 2. The zero-order valence-electron chi connectivity index (χ0n) is 5.50. The van der Waals surface area contributed by atoms with E-state index in [4.69, 9.17) is 5.11 Å². The Morgan fingerprint density at radius 3 is 2.50 bits per heavy atom. The van der Waals surface area contributed by atoms with Gasteiger partial charge >= 0.3 is 0 Å². The summed E-state index contributed by atoms with van der Waals surface area (Å²) in [6, 6.07) is 0. The fourth-order valence-corrected chi connectivity index (χ4v) is 0.450. The van der Waals surface area contributed by atoms with Crippen molar-refractivity contribution >= 4 is 24.3 Å². The van der Waals surface area contributed by atoms with Crippen LogP contribution in [0, 0.1) is 0 Å². The molecule has 5 heteroatoms. The molecule has 0 fully saturated rings. The average molecular weight is 163 g/mol. The first-order valence-electron chi connectivity index (χ1n) is 2.66. The van der Waals surface area contributed by atoms with Crippen LogP contribution in [-0.4, -0.2) is 28.8 Å². The lowest BCUT2D eigenvalue weighted by Crippen LogP contribution is -2.35. The zero-order chi connectivity index (χ0) is 8.15. The van der Waals surface area contributed by atoms with Crippen molar-refractivity contribution in [2.75, 3.05) is 6.73 Å². The van der Waals surface area contributed by atoms with Gasteiger partial charge < -0.3 is 10.4 Å². The normalized spacial score (nSPS) is 12.3. The number of Topliss-reactive ketones (excluding diaryl/α,β-unsaturated/α-hetero) is 1. The predicted octanol–water partition coefficient (Wildman–Crippen LogP) is -1.06. The quantitative estimate of drug-likeness (QED) is 0.282. The van der Waals surface area contributed by atoms with E-state index >= 15 is 0 Å². The van der Waals surface area contributed by atoms with Gasteiger partial charge in [-0.1, -0.05) is 0 Å². The van der Waals surface area contributed by atoms with Crippen molar-refractivity contribution in [3.05, 3.63) is 0 Å². The number of amides is 1. The van der Waals surface area contributed by atoms with Crippen molar-refractivity contribution in [2.24, 2.45) is 0 Å². The Balaban J connectivity index is 3.82.